The SMILES string of the molecule is CN(CCCC(=O)O)C(=O)c1cnn(-c2cccc(C(F)(F)F)c2)c1C1CC1. The minimum absolute atomic E-state index is 0.0450. The molecule has 0 unspecified atom stereocenters. The molecule has 150 valence electrons. The topological polar surface area (TPSA) is 75.4 Å². The molecule has 0 radical (unpaired) electrons. The highest BCUT2D eigenvalue weighted by Crippen LogP contribution is 2.43. The van der Waals surface area contributed by atoms with Gasteiger partial charge in [0, 0.05) is 25.9 Å². The molecule has 3 rings (SSSR count). The highest BCUT2D eigenvalue weighted by atomic mass is 19.4. The summed E-state index contributed by atoms with van der Waals surface area (Å²) >= 11 is 0. The van der Waals surface area contributed by atoms with Crippen LogP contribution in [0.4, 0.5) is 13.2 Å². The Balaban J connectivity index is 1.89. The molecule has 28 heavy (non-hydrogen) atoms. The van der Waals surface area contributed by atoms with Crippen LogP contribution in [-0.4, -0.2) is 45.3 Å². The standard InChI is InChI=1S/C19H20F3N3O3/c1-24(9-3-6-16(26)27)18(28)15-11-23-25(17(15)12-7-8-12)14-5-2-4-13(10-14)19(20,21)22/h2,4-5,10-12H,3,6-9H2,1H3,(H,26,27). The molecule has 6 nitrogen and oxygen atoms in total. The molecule has 0 saturated heterocycles. The van der Waals surface area contributed by atoms with Gasteiger partial charge in [0.2, 0.25) is 0 Å². The van der Waals surface area contributed by atoms with Gasteiger partial charge in [-0.2, -0.15) is 18.3 Å². The summed E-state index contributed by atoms with van der Waals surface area (Å²) in [5, 5.41) is 12.9. The van der Waals surface area contributed by atoms with Gasteiger partial charge in [0.1, 0.15) is 0 Å². The van der Waals surface area contributed by atoms with Crippen molar-refractivity contribution in [3.8, 4) is 5.69 Å². The lowest BCUT2D eigenvalue weighted by atomic mass is 10.1. The third kappa shape index (κ3) is 4.35. The minimum atomic E-state index is -4.47. The van der Waals surface area contributed by atoms with Gasteiger partial charge < -0.3 is 10.0 Å². The molecule has 1 fully saturated rings. The third-order valence-corrected chi connectivity index (χ3v) is 4.65. The number of aromatic nitrogens is 2. The minimum Gasteiger partial charge on any atom is -0.481 e. The number of carbonyl (C=O) groups is 2. The van der Waals surface area contributed by atoms with Crippen molar-refractivity contribution in [3.05, 3.63) is 47.3 Å². The van der Waals surface area contributed by atoms with Crippen molar-refractivity contribution < 1.29 is 27.9 Å². The first-order valence-corrected chi connectivity index (χ1v) is 8.91. The predicted octanol–water partition coefficient (Wildman–Crippen LogP) is 3.71. The number of aliphatic carboxylic acids is 1. The molecule has 1 aliphatic carbocycles. The zero-order valence-corrected chi connectivity index (χ0v) is 15.2. The third-order valence-electron chi connectivity index (χ3n) is 4.65. The van der Waals surface area contributed by atoms with Gasteiger partial charge in [0.25, 0.3) is 5.91 Å². The Hall–Kier alpha value is -2.84. The number of hydrogen-bond donors (Lipinski definition) is 1. The van der Waals surface area contributed by atoms with Crippen LogP contribution in [0, 0.1) is 0 Å². The summed E-state index contributed by atoms with van der Waals surface area (Å²) in [5.41, 5.74) is 0.428. The molecule has 0 aliphatic heterocycles. The largest absolute Gasteiger partial charge is 0.481 e. The molecule has 0 atom stereocenters. The van der Waals surface area contributed by atoms with Gasteiger partial charge >= 0.3 is 12.1 Å². The fourth-order valence-electron chi connectivity index (χ4n) is 3.07. The Morgan fingerprint density at radius 3 is 2.64 bits per heavy atom. The average Bonchev–Trinajstić information content (AvgIpc) is 3.38. The Morgan fingerprint density at radius 2 is 2.04 bits per heavy atom. The number of benzene rings is 1. The van der Waals surface area contributed by atoms with Crippen LogP contribution in [0.15, 0.2) is 30.5 Å². The van der Waals surface area contributed by atoms with Crippen LogP contribution < -0.4 is 0 Å². The van der Waals surface area contributed by atoms with E-state index in [0.29, 0.717) is 17.7 Å². The van der Waals surface area contributed by atoms with Crippen molar-refractivity contribution >= 4 is 11.9 Å². The lowest BCUT2D eigenvalue weighted by Crippen LogP contribution is -2.28. The van der Waals surface area contributed by atoms with Crippen LogP contribution in [-0.2, 0) is 11.0 Å². The van der Waals surface area contributed by atoms with Crippen LogP contribution >= 0.6 is 0 Å². The van der Waals surface area contributed by atoms with Gasteiger partial charge in [-0.25, -0.2) is 4.68 Å². The normalized spacial score (nSPS) is 14.1. The van der Waals surface area contributed by atoms with Crippen molar-refractivity contribution in [2.45, 2.75) is 37.8 Å². The van der Waals surface area contributed by atoms with E-state index in [-0.39, 0.29) is 30.5 Å². The molecule has 1 aliphatic rings. The molecule has 1 N–H and O–H groups in total. The predicted molar refractivity (Wildman–Crippen MR) is 94.4 cm³/mol. The lowest BCUT2D eigenvalue weighted by molar-refractivity contribution is -0.138. The Kier molecular flexibility index (Phi) is 5.44. The second-order valence-electron chi connectivity index (χ2n) is 6.90. The first-order valence-electron chi connectivity index (χ1n) is 8.91. The van der Waals surface area contributed by atoms with Crippen molar-refractivity contribution in [1.29, 1.82) is 0 Å². The molecular formula is C19H20F3N3O3. The molecule has 2 aromatic rings. The highest BCUT2D eigenvalue weighted by Gasteiger charge is 2.35. The Morgan fingerprint density at radius 1 is 1.32 bits per heavy atom. The Bertz CT molecular complexity index is 888. The molecule has 1 saturated carbocycles. The van der Waals surface area contributed by atoms with Crippen molar-refractivity contribution in [2.24, 2.45) is 0 Å². The van der Waals surface area contributed by atoms with Gasteiger partial charge in [-0.15, -0.1) is 0 Å². The van der Waals surface area contributed by atoms with Crippen molar-refractivity contribution in [2.75, 3.05) is 13.6 Å². The van der Waals surface area contributed by atoms with E-state index in [1.807, 2.05) is 0 Å². The number of hydrogen-bond acceptors (Lipinski definition) is 3. The van der Waals surface area contributed by atoms with Crippen LogP contribution in [0.25, 0.3) is 5.69 Å². The molecule has 0 bridgehead atoms. The van der Waals surface area contributed by atoms with E-state index < -0.39 is 17.7 Å². The van der Waals surface area contributed by atoms with E-state index in [2.05, 4.69) is 5.10 Å². The summed E-state index contributed by atoms with van der Waals surface area (Å²) in [6, 6.07) is 4.85. The van der Waals surface area contributed by atoms with Gasteiger partial charge in [-0.3, -0.25) is 9.59 Å². The number of rotatable bonds is 7. The van der Waals surface area contributed by atoms with Crippen molar-refractivity contribution in [1.82, 2.24) is 14.7 Å². The molecule has 1 heterocycles. The molecule has 0 spiro atoms. The number of carbonyl (C=O) groups excluding carboxylic acids is 1. The second kappa shape index (κ2) is 7.65. The maximum Gasteiger partial charge on any atom is 0.416 e. The summed E-state index contributed by atoms with van der Waals surface area (Å²) < 4.78 is 40.5. The fraction of sp³-hybridized carbons (Fsp3) is 0.421. The second-order valence-corrected chi connectivity index (χ2v) is 6.90. The first kappa shape index (κ1) is 19.9. The quantitative estimate of drug-likeness (QED) is 0.776. The van der Waals surface area contributed by atoms with E-state index in [1.165, 1.54) is 27.9 Å². The van der Waals surface area contributed by atoms with Gasteiger partial charge in [0.15, 0.2) is 0 Å². The molecule has 1 aromatic heterocycles. The molecule has 1 aromatic carbocycles. The molecular weight excluding hydrogens is 375 g/mol. The van der Waals surface area contributed by atoms with Crippen LogP contribution in [0.2, 0.25) is 0 Å². The van der Waals surface area contributed by atoms with E-state index >= 15 is 0 Å². The highest BCUT2D eigenvalue weighted by molar-refractivity contribution is 5.95. The van der Waals surface area contributed by atoms with Gasteiger partial charge in [0.05, 0.1) is 28.7 Å². The zero-order chi connectivity index (χ0) is 20.5. The van der Waals surface area contributed by atoms with Crippen LogP contribution in [0.3, 0.4) is 0 Å². The number of carboxylic acids is 1. The summed E-state index contributed by atoms with van der Waals surface area (Å²) in [7, 11) is 1.57. The monoisotopic (exact) mass is 395 g/mol. The molecule has 9 heteroatoms. The van der Waals surface area contributed by atoms with Gasteiger partial charge in [-0.1, -0.05) is 6.07 Å². The lowest BCUT2D eigenvalue weighted by Gasteiger charge is -2.17. The number of amides is 1. The van der Waals surface area contributed by atoms with Gasteiger partial charge in [-0.05, 0) is 37.5 Å². The maximum atomic E-state index is 13.0. The Labute approximate surface area is 159 Å². The van der Waals surface area contributed by atoms with Crippen LogP contribution in [0.5, 0.6) is 0 Å². The molecule has 1 amide bonds. The summed E-state index contributed by atoms with van der Waals surface area (Å²) in [5.74, 6) is -1.18. The summed E-state index contributed by atoms with van der Waals surface area (Å²) in [6.45, 7) is 0.268. The van der Waals surface area contributed by atoms with Crippen molar-refractivity contribution in [3.63, 3.8) is 0 Å². The van der Waals surface area contributed by atoms with Crippen LogP contribution in [0.1, 0.15) is 53.2 Å². The fourth-order valence-corrected chi connectivity index (χ4v) is 3.07. The summed E-state index contributed by atoms with van der Waals surface area (Å²) in [6.07, 6.45) is -1.13. The maximum absolute atomic E-state index is 13.0. The number of nitrogens with zero attached hydrogens (tertiary/aromatic N) is 3. The van der Waals surface area contributed by atoms with E-state index in [4.69, 9.17) is 5.11 Å². The summed E-state index contributed by atoms with van der Waals surface area (Å²) in [4.78, 5) is 24.8. The van der Waals surface area contributed by atoms with E-state index in [9.17, 15) is 22.8 Å². The average molecular weight is 395 g/mol. The zero-order valence-electron chi connectivity index (χ0n) is 15.2. The first-order chi connectivity index (χ1) is 13.2. The smallest absolute Gasteiger partial charge is 0.416 e. The number of halogens is 3. The number of alkyl halides is 3. The van der Waals surface area contributed by atoms with E-state index in [0.717, 1.165) is 25.0 Å². The number of carboxylic acid groups (broad SMARTS) is 1. The van der Waals surface area contributed by atoms with E-state index in [1.54, 1.807) is 7.05 Å².